The SMILES string of the molecule is Cc1cccc(C2(C#N)CCCCCC2)c1. The minimum Gasteiger partial charge on any atom is -0.197 e. The van der Waals surface area contributed by atoms with Crippen molar-refractivity contribution in [3.8, 4) is 6.07 Å². The number of nitriles is 1. The fourth-order valence-electron chi connectivity index (χ4n) is 2.74. The largest absolute Gasteiger partial charge is 0.197 e. The number of benzene rings is 1. The van der Waals surface area contributed by atoms with Crippen molar-refractivity contribution in [1.82, 2.24) is 0 Å². The number of rotatable bonds is 1. The second-order valence-electron chi connectivity index (χ2n) is 4.98. The Labute approximate surface area is 98.1 Å². The van der Waals surface area contributed by atoms with E-state index in [1.165, 1.54) is 36.8 Å². The van der Waals surface area contributed by atoms with E-state index < -0.39 is 0 Å². The summed E-state index contributed by atoms with van der Waals surface area (Å²) < 4.78 is 0. The third kappa shape index (κ3) is 2.11. The van der Waals surface area contributed by atoms with Crippen LogP contribution in [-0.4, -0.2) is 0 Å². The van der Waals surface area contributed by atoms with Crippen molar-refractivity contribution >= 4 is 0 Å². The van der Waals surface area contributed by atoms with Crippen LogP contribution in [0.4, 0.5) is 0 Å². The lowest BCUT2D eigenvalue weighted by atomic mass is 9.75. The number of nitrogens with zero attached hydrogens (tertiary/aromatic N) is 1. The first-order chi connectivity index (χ1) is 7.77. The Morgan fingerprint density at radius 1 is 1.12 bits per heavy atom. The quantitative estimate of drug-likeness (QED) is 0.644. The average molecular weight is 213 g/mol. The van der Waals surface area contributed by atoms with E-state index in [2.05, 4.69) is 37.3 Å². The van der Waals surface area contributed by atoms with Gasteiger partial charge in [0.05, 0.1) is 11.5 Å². The van der Waals surface area contributed by atoms with Crippen molar-refractivity contribution < 1.29 is 0 Å². The molecule has 1 fully saturated rings. The van der Waals surface area contributed by atoms with Gasteiger partial charge in [-0.15, -0.1) is 0 Å². The minimum absolute atomic E-state index is 0.206. The molecule has 0 bridgehead atoms. The van der Waals surface area contributed by atoms with Crippen molar-refractivity contribution in [3.63, 3.8) is 0 Å². The van der Waals surface area contributed by atoms with E-state index in [4.69, 9.17) is 0 Å². The highest BCUT2D eigenvalue weighted by Crippen LogP contribution is 2.37. The molecule has 1 aromatic rings. The van der Waals surface area contributed by atoms with Gasteiger partial charge in [0.25, 0.3) is 0 Å². The van der Waals surface area contributed by atoms with Crippen molar-refractivity contribution in [1.29, 1.82) is 5.26 Å². The molecule has 1 saturated carbocycles. The standard InChI is InChI=1S/C15H19N/c1-13-7-6-8-14(11-13)15(12-16)9-4-2-3-5-10-15/h6-8,11H,2-5,9-10H2,1H3. The monoisotopic (exact) mass is 213 g/mol. The van der Waals surface area contributed by atoms with Crippen LogP contribution >= 0.6 is 0 Å². The molecule has 1 nitrogen and oxygen atoms in total. The van der Waals surface area contributed by atoms with E-state index in [9.17, 15) is 5.26 Å². The molecule has 1 heteroatoms. The van der Waals surface area contributed by atoms with Gasteiger partial charge in [0.2, 0.25) is 0 Å². The van der Waals surface area contributed by atoms with Gasteiger partial charge in [-0.3, -0.25) is 0 Å². The van der Waals surface area contributed by atoms with Crippen LogP contribution in [0.1, 0.15) is 49.7 Å². The van der Waals surface area contributed by atoms with E-state index >= 15 is 0 Å². The summed E-state index contributed by atoms with van der Waals surface area (Å²) in [6, 6.07) is 11.1. The van der Waals surface area contributed by atoms with Crippen LogP contribution in [0, 0.1) is 18.3 Å². The summed E-state index contributed by atoms with van der Waals surface area (Å²) >= 11 is 0. The van der Waals surface area contributed by atoms with Crippen LogP contribution in [0.5, 0.6) is 0 Å². The van der Waals surface area contributed by atoms with Crippen LogP contribution in [0.25, 0.3) is 0 Å². The van der Waals surface area contributed by atoms with Crippen molar-refractivity contribution in [2.24, 2.45) is 0 Å². The summed E-state index contributed by atoms with van der Waals surface area (Å²) in [4.78, 5) is 0. The van der Waals surface area contributed by atoms with E-state index in [1.54, 1.807) is 0 Å². The summed E-state index contributed by atoms with van der Waals surface area (Å²) in [5.74, 6) is 0. The molecule has 0 amide bonds. The molecule has 1 aliphatic rings. The number of hydrogen-bond donors (Lipinski definition) is 0. The Hall–Kier alpha value is -1.29. The predicted molar refractivity (Wildman–Crippen MR) is 66.2 cm³/mol. The summed E-state index contributed by atoms with van der Waals surface area (Å²) in [6.45, 7) is 2.10. The Bertz CT molecular complexity index is 392. The van der Waals surface area contributed by atoms with Crippen LogP contribution in [0.15, 0.2) is 24.3 Å². The molecule has 0 aromatic heterocycles. The van der Waals surface area contributed by atoms with Gasteiger partial charge < -0.3 is 0 Å². The first-order valence-corrected chi connectivity index (χ1v) is 6.25. The first kappa shape index (κ1) is 11.2. The second kappa shape index (κ2) is 4.70. The smallest absolute Gasteiger partial charge is 0.0822 e. The highest BCUT2D eigenvalue weighted by Gasteiger charge is 2.32. The molecule has 0 atom stereocenters. The lowest BCUT2D eigenvalue weighted by Gasteiger charge is -2.25. The highest BCUT2D eigenvalue weighted by molar-refractivity contribution is 5.35. The van der Waals surface area contributed by atoms with Crippen LogP contribution < -0.4 is 0 Å². The van der Waals surface area contributed by atoms with E-state index in [-0.39, 0.29) is 5.41 Å². The maximum Gasteiger partial charge on any atom is 0.0822 e. The molecule has 0 unspecified atom stereocenters. The van der Waals surface area contributed by atoms with Crippen LogP contribution in [-0.2, 0) is 5.41 Å². The van der Waals surface area contributed by atoms with Gasteiger partial charge in [-0.2, -0.15) is 5.26 Å². The van der Waals surface area contributed by atoms with Crippen LogP contribution in [0.3, 0.4) is 0 Å². The van der Waals surface area contributed by atoms with E-state index in [0.717, 1.165) is 12.8 Å². The van der Waals surface area contributed by atoms with Crippen molar-refractivity contribution in [3.05, 3.63) is 35.4 Å². The first-order valence-electron chi connectivity index (χ1n) is 6.25. The topological polar surface area (TPSA) is 23.8 Å². The molecule has 0 saturated heterocycles. The lowest BCUT2D eigenvalue weighted by Crippen LogP contribution is -2.23. The molecular weight excluding hydrogens is 194 g/mol. The van der Waals surface area contributed by atoms with E-state index in [0.29, 0.717) is 0 Å². The molecule has 0 radical (unpaired) electrons. The molecule has 0 N–H and O–H groups in total. The zero-order valence-corrected chi connectivity index (χ0v) is 10.00. The van der Waals surface area contributed by atoms with Gasteiger partial charge in [0.1, 0.15) is 0 Å². The third-order valence-corrected chi connectivity index (χ3v) is 3.74. The van der Waals surface area contributed by atoms with Crippen LogP contribution in [0.2, 0.25) is 0 Å². The summed E-state index contributed by atoms with van der Waals surface area (Å²) in [5.41, 5.74) is 2.29. The molecule has 0 spiro atoms. The van der Waals surface area contributed by atoms with Crippen molar-refractivity contribution in [2.75, 3.05) is 0 Å². The third-order valence-electron chi connectivity index (χ3n) is 3.74. The fraction of sp³-hybridized carbons (Fsp3) is 0.533. The summed E-state index contributed by atoms with van der Waals surface area (Å²) in [7, 11) is 0. The molecule has 84 valence electrons. The van der Waals surface area contributed by atoms with E-state index in [1.807, 2.05) is 0 Å². The Morgan fingerprint density at radius 2 is 1.81 bits per heavy atom. The highest BCUT2D eigenvalue weighted by atomic mass is 14.4. The van der Waals surface area contributed by atoms with Gasteiger partial charge in [-0.05, 0) is 25.3 Å². The number of aryl methyl sites for hydroxylation is 1. The van der Waals surface area contributed by atoms with Gasteiger partial charge in [-0.1, -0.05) is 55.5 Å². The molecule has 1 aliphatic carbocycles. The molecule has 0 heterocycles. The zero-order chi connectivity index (χ0) is 11.4. The Balaban J connectivity index is 2.36. The normalized spacial score (nSPS) is 19.8. The maximum atomic E-state index is 9.56. The molecular formula is C15H19N. The Morgan fingerprint density at radius 3 is 2.38 bits per heavy atom. The number of hydrogen-bond acceptors (Lipinski definition) is 1. The van der Waals surface area contributed by atoms with Crippen molar-refractivity contribution in [2.45, 2.75) is 50.9 Å². The molecule has 16 heavy (non-hydrogen) atoms. The summed E-state index contributed by atoms with van der Waals surface area (Å²) in [6.07, 6.45) is 7.04. The maximum absolute atomic E-state index is 9.56. The predicted octanol–water partition coefficient (Wildman–Crippen LogP) is 4.11. The summed E-state index contributed by atoms with van der Waals surface area (Å²) in [5, 5.41) is 9.56. The average Bonchev–Trinajstić information content (AvgIpc) is 2.55. The molecule has 0 aliphatic heterocycles. The second-order valence-corrected chi connectivity index (χ2v) is 4.98. The fourth-order valence-corrected chi connectivity index (χ4v) is 2.74. The van der Waals surface area contributed by atoms with Gasteiger partial charge in [0, 0.05) is 0 Å². The lowest BCUT2D eigenvalue weighted by molar-refractivity contribution is 0.475. The zero-order valence-electron chi connectivity index (χ0n) is 10.00. The van der Waals surface area contributed by atoms with Gasteiger partial charge in [-0.25, -0.2) is 0 Å². The Kier molecular flexibility index (Phi) is 3.29. The molecule has 1 aromatic carbocycles. The molecule has 2 rings (SSSR count). The van der Waals surface area contributed by atoms with Gasteiger partial charge in [0.15, 0.2) is 0 Å². The minimum atomic E-state index is -0.206. The van der Waals surface area contributed by atoms with Gasteiger partial charge >= 0.3 is 0 Å².